The van der Waals surface area contributed by atoms with Crippen LogP contribution in [0.2, 0.25) is 0 Å². The Labute approximate surface area is 206 Å². The maximum Gasteiger partial charge on any atom is 0.342 e. The molecule has 0 amide bonds. The van der Waals surface area contributed by atoms with E-state index >= 15 is 0 Å². The van der Waals surface area contributed by atoms with E-state index in [0.29, 0.717) is 5.52 Å². The van der Waals surface area contributed by atoms with Crippen LogP contribution in [0.4, 0.5) is 10.2 Å². The zero-order valence-electron chi connectivity index (χ0n) is 19.8. The number of imidazole rings is 1. The first-order chi connectivity index (χ1) is 17.1. The fraction of sp³-hybridized carbons (Fsp3) is 0.364. The SMILES string of the molecule is CC(C)OC(=O)[C@H](C)NP(=O)(CO[C@@H]1C=C(F)[C@H](n2cnc3c(N)ncnc32)O1)Oc1ccccc1. The highest BCUT2D eigenvalue weighted by Gasteiger charge is 2.36. The number of benzene rings is 1. The van der Waals surface area contributed by atoms with Gasteiger partial charge in [0, 0.05) is 6.08 Å². The Hall–Kier alpha value is -3.38. The van der Waals surface area contributed by atoms with Gasteiger partial charge in [-0.15, -0.1) is 0 Å². The number of para-hydroxylation sites is 1. The molecule has 0 bridgehead atoms. The normalized spacial score (nSPS) is 20.2. The van der Waals surface area contributed by atoms with Crippen LogP contribution in [0.3, 0.4) is 0 Å². The number of ether oxygens (including phenoxy) is 3. The van der Waals surface area contributed by atoms with Gasteiger partial charge in [-0.2, -0.15) is 0 Å². The third-order valence-corrected chi connectivity index (χ3v) is 6.71. The highest BCUT2D eigenvalue weighted by molar-refractivity contribution is 7.57. The number of nitrogens with zero attached hydrogens (tertiary/aromatic N) is 4. The number of anilines is 1. The van der Waals surface area contributed by atoms with Gasteiger partial charge in [-0.3, -0.25) is 13.9 Å². The maximum absolute atomic E-state index is 14.8. The third-order valence-electron chi connectivity index (χ3n) is 4.93. The summed E-state index contributed by atoms with van der Waals surface area (Å²) in [5.41, 5.74) is 6.36. The maximum atomic E-state index is 14.8. The van der Waals surface area contributed by atoms with Crippen molar-refractivity contribution in [1.82, 2.24) is 24.6 Å². The van der Waals surface area contributed by atoms with Gasteiger partial charge >= 0.3 is 13.5 Å². The molecule has 1 aliphatic rings. The molecule has 2 aromatic heterocycles. The molecule has 0 saturated heterocycles. The first-order valence-corrected chi connectivity index (χ1v) is 12.9. The average Bonchev–Trinajstić information content (AvgIpc) is 3.41. The zero-order valence-corrected chi connectivity index (χ0v) is 20.7. The topological polar surface area (TPSA) is 153 Å². The molecule has 12 nitrogen and oxygen atoms in total. The summed E-state index contributed by atoms with van der Waals surface area (Å²) in [6.45, 7) is 4.89. The number of carbonyl (C=O) groups excluding carboxylic acids is 1. The average molecular weight is 520 g/mol. The molecular weight excluding hydrogens is 494 g/mol. The molecule has 1 aromatic carbocycles. The van der Waals surface area contributed by atoms with Crippen molar-refractivity contribution in [3.8, 4) is 5.75 Å². The van der Waals surface area contributed by atoms with Crippen molar-refractivity contribution >= 4 is 30.5 Å². The Balaban J connectivity index is 1.47. The van der Waals surface area contributed by atoms with E-state index in [-0.39, 0.29) is 23.3 Å². The highest BCUT2D eigenvalue weighted by Crippen LogP contribution is 2.45. The van der Waals surface area contributed by atoms with Gasteiger partial charge in [0.15, 0.2) is 36.2 Å². The molecule has 3 aromatic rings. The van der Waals surface area contributed by atoms with Crippen molar-refractivity contribution < 1.29 is 32.5 Å². The molecule has 1 aliphatic heterocycles. The van der Waals surface area contributed by atoms with Crippen molar-refractivity contribution in [2.24, 2.45) is 0 Å². The fourth-order valence-corrected chi connectivity index (χ4v) is 5.05. The second kappa shape index (κ2) is 10.7. The zero-order chi connectivity index (χ0) is 25.9. The first kappa shape index (κ1) is 25.7. The minimum absolute atomic E-state index is 0.143. The number of halogens is 1. The predicted molar refractivity (Wildman–Crippen MR) is 127 cm³/mol. The van der Waals surface area contributed by atoms with Crippen molar-refractivity contribution in [1.29, 1.82) is 0 Å². The standard InChI is InChI=1S/C22H26FN6O6P/c1-13(2)33-22(30)14(3)28-36(31,35-15-7-5-4-6-8-15)12-32-17-9-16(23)21(34-17)29-11-27-18-19(24)25-10-26-20(18)29/h4-11,13-14,17,21H,12H2,1-3H3,(H,28,31)(H2,24,25,26)/t14-,17-,21+,36?/m0/s1. The van der Waals surface area contributed by atoms with Gasteiger partial charge in [0.2, 0.25) is 0 Å². The molecule has 0 radical (unpaired) electrons. The molecule has 3 heterocycles. The lowest BCUT2D eigenvalue weighted by atomic mass is 10.3. The van der Waals surface area contributed by atoms with Crippen LogP contribution in [0.5, 0.6) is 5.75 Å². The number of hydrogen-bond donors (Lipinski definition) is 2. The summed E-state index contributed by atoms with van der Waals surface area (Å²) in [5.74, 6) is -0.852. The van der Waals surface area contributed by atoms with Crippen molar-refractivity contribution in [3.05, 3.63) is 54.9 Å². The summed E-state index contributed by atoms with van der Waals surface area (Å²) in [7, 11) is -3.85. The van der Waals surface area contributed by atoms with Crippen LogP contribution < -0.4 is 15.3 Å². The Kier molecular flexibility index (Phi) is 7.65. The highest BCUT2D eigenvalue weighted by atomic mass is 31.2. The molecule has 1 unspecified atom stereocenters. The molecule has 4 atom stereocenters. The number of rotatable bonds is 10. The van der Waals surface area contributed by atoms with Crippen LogP contribution in [0.25, 0.3) is 11.2 Å². The minimum atomic E-state index is -3.85. The number of esters is 1. The molecule has 3 N–H and O–H groups in total. The smallest absolute Gasteiger partial charge is 0.342 e. The largest absolute Gasteiger partial charge is 0.462 e. The Bertz CT molecular complexity index is 1300. The fourth-order valence-electron chi connectivity index (χ4n) is 3.37. The molecule has 14 heteroatoms. The van der Waals surface area contributed by atoms with Gasteiger partial charge < -0.3 is 24.5 Å². The number of hydrogen-bond acceptors (Lipinski definition) is 10. The van der Waals surface area contributed by atoms with E-state index < -0.39 is 44.2 Å². The number of fused-ring (bicyclic) bond motifs is 1. The Morgan fingerprint density at radius 1 is 1.25 bits per heavy atom. The Morgan fingerprint density at radius 3 is 2.72 bits per heavy atom. The van der Waals surface area contributed by atoms with Gasteiger partial charge in [0.25, 0.3) is 0 Å². The summed E-state index contributed by atoms with van der Waals surface area (Å²) < 4.78 is 51.9. The summed E-state index contributed by atoms with van der Waals surface area (Å²) in [6, 6.07) is 7.40. The lowest BCUT2D eigenvalue weighted by molar-refractivity contribution is -0.149. The van der Waals surface area contributed by atoms with Crippen molar-refractivity contribution in [2.75, 3.05) is 12.1 Å². The van der Waals surface area contributed by atoms with E-state index in [2.05, 4.69) is 20.0 Å². The van der Waals surface area contributed by atoms with Crippen LogP contribution >= 0.6 is 7.52 Å². The number of carbonyl (C=O) groups is 1. The summed E-state index contributed by atoms with van der Waals surface area (Å²) in [5, 5.41) is 2.67. The molecule has 0 fully saturated rings. The van der Waals surface area contributed by atoms with Crippen molar-refractivity contribution in [3.63, 3.8) is 0 Å². The monoisotopic (exact) mass is 520 g/mol. The number of nitrogens with two attached hydrogens (primary N) is 1. The van der Waals surface area contributed by atoms with Gasteiger partial charge in [-0.25, -0.2) is 24.4 Å². The molecule has 36 heavy (non-hydrogen) atoms. The molecule has 0 saturated carbocycles. The van der Waals surface area contributed by atoms with Crippen LogP contribution in [0.15, 0.2) is 54.9 Å². The van der Waals surface area contributed by atoms with Crippen LogP contribution in [0.1, 0.15) is 27.0 Å². The minimum Gasteiger partial charge on any atom is -0.462 e. The number of nitrogens with one attached hydrogen (secondary N) is 1. The predicted octanol–water partition coefficient (Wildman–Crippen LogP) is 3.29. The van der Waals surface area contributed by atoms with E-state index in [1.165, 1.54) is 24.1 Å². The number of nitrogen functional groups attached to an aromatic ring is 1. The number of aromatic nitrogens is 4. The lowest BCUT2D eigenvalue weighted by Gasteiger charge is -2.25. The molecule has 0 spiro atoms. The molecule has 192 valence electrons. The molecule has 0 aliphatic carbocycles. The molecule has 4 rings (SSSR count). The quantitative estimate of drug-likeness (QED) is 0.299. The molecular formula is C22H26FN6O6P. The summed E-state index contributed by atoms with van der Waals surface area (Å²) in [4.78, 5) is 24.3. The lowest BCUT2D eigenvalue weighted by Crippen LogP contribution is -2.37. The third kappa shape index (κ3) is 5.88. The van der Waals surface area contributed by atoms with Crippen LogP contribution in [0, 0.1) is 0 Å². The van der Waals surface area contributed by atoms with Gasteiger partial charge in [0.1, 0.15) is 23.6 Å². The van der Waals surface area contributed by atoms with Crippen LogP contribution in [-0.4, -0.2) is 50.3 Å². The van der Waals surface area contributed by atoms with E-state index in [1.807, 2.05) is 0 Å². The van der Waals surface area contributed by atoms with Gasteiger partial charge in [-0.1, -0.05) is 18.2 Å². The van der Waals surface area contributed by atoms with Crippen LogP contribution in [-0.2, 0) is 23.6 Å². The van der Waals surface area contributed by atoms with E-state index in [4.69, 9.17) is 24.5 Å². The van der Waals surface area contributed by atoms with Gasteiger partial charge in [0.05, 0.1) is 12.4 Å². The second-order valence-electron chi connectivity index (χ2n) is 8.20. The summed E-state index contributed by atoms with van der Waals surface area (Å²) >= 11 is 0. The second-order valence-corrected chi connectivity index (χ2v) is 10.2. The van der Waals surface area contributed by atoms with Crippen molar-refractivity contribution in [2.45, 2.75) is 45.4 Å². The van der Waals surface area contributed by atoms with E-state index in [1.54, 1.807) is 44.2 Å². The van der Waals surface area contributed by atoms with E-state index in [0.717, 1.165) is 6.08 Å². The first-order valence-electron chi connectivity index (χ1n) is 11.0. The summed E-state index contributed by atoms with van der Waals surface area (Å²) in [6.07, 6.45) is 0.310. The Morgan fingerprint density at radius 2 is 2.00 bits per heavy atom. The van der Waals surface area contributed by atoms with Gasteiger partial charge in [-0.05, 0) is 32.9 Å². The van der Waals surface area contributed by atoms with E-state index in [9.17, 15) is 13.8 Å².